The topological polar surface area (TPSA) is 29.5 Å². The summed E-state index contributed by atoms with van der Waals surface area (Å²) in [6, 6.07) is 47.1. The van der Waals surface area contributed by atoms with E-state index >= 15 is 0 Å². The van der Waals surface area contributed by atoms with Crippen molar-refractivity contribution in [2.45, 2.75) is 0 Å². The highest BCUT2D eigenvalue weighted by Crippen LogP contribution is 2.35. The first-order chi connectivity index (χ1) is 18.7. The van der Waals surface area contributed by atoms with Gasteiger partial charge in [0.25, 0.3) is 0 Å². The molecule has 0 heterocycles. The van der Waals surface area contributed by atoms with Gasteiger partial charge in [-0.15, -0.1) is 0 Å². The molecular formula is C35H27NO2. The van der Waals surface area contributed by atoms with Crippen LogP contribution >= 0.6 is 0 Å². The highest BCUT2D eigenvalue weighted by atomic mass is 16.5. The molecule has 184 valence electrons. The van der Waals surface area contributed by atoms with E-state index in [-0.39, 0.29) is 0 Å². The highest BCUT2D eigenvalue weighted by Gasteiger charge is 2.12. The Labute approximate surface area is 223 Å². The van der Waals surface area contributed by atoms with Gasteiger partial charge in [-0.2, -0.15) is 0 Å². The molecular weight excluding hydrogens is 466 g/mol. The fraction of sp³-hybridized carbons (Fsp3) is 0. The average molecular weight is 494 g/mol. The Hall–Kier alpha value is -5.15. The van der Waals surface area contributed by atoms with Gasteiger partial charge in [0.1, 0.15) is 5.75 Å². The van der Waals surface area contributed by atoms with Gasteiger partial charge in [0.15, 0.2) is 0 Å². The largest absolute Gasteiger partial charge is 0.423 e. The highest BCUT2D eigenvalue weighted by molar-refractivity contribution is 5.92. The Bertz CT molecular complexity index is 1480. The van der Waals surface area contributed by atoms with Gasteiger partial charge in [-0.1, -0.05) is 97.6 Å². The molecule has 0 N–H and O–H groups in total. The molecule has 0 saturated heterocycles. The zero-order chi connectivity index (χ0) is 26.2. The van der Waals surface area contributed by atoms with E-state index in [9.17, 15) is 4.79 Å². The van der Waals surface area contributed by atoms with Crippen molar-refractivity contribution in [1.82, 2.24) is 0 Å². The first-order valence-electron chi connectivity index (χ1n) is 12.4. The van der Waals surface area contributed by atoms with Crippen molar-refractivity contribution in [2.75, 3.05) is 4.90 Å². The minimum atomic E-state index is -0.475. The molecule has 38 heavy (non-hydrogen) atoms. The summed E-state index contributed by atoms with van der Waals surface area (Å²) >= 11 is 0. The molecule has 0 atom stereocenters. The zero-order valence-electron chi connectivity index (χ0n) is 20.9. The van der Waals surface area contributed by atoms with Gasteiger partial charge in [0, 0.05) is 23.1 Å². The number of rotatable bonds is 8. The van der Waals surface area contributed by atoms with Crippen molar-refractivity contribution >= 4 is 34.7 Å². The maximum atomic E-state index is 11.6. The molecule has 3 heteroatoms. The number of nitrogens with zero attached hydrogens (tertiary/aromatic N) is 1. The van der Waals surface area contributed by atoms with Gasteiger partial charge in [-0.25, -0.2) is 4.79 Å². The number of para-hydroxylation sites is 2. The smallest absolute Gasteiger partial charge is 0.335 e. The van der Waals surface area contributed by atoms with Crippen molar-refractivity contribution in [1.29, 1.82) is 0 Å². The molecule has 5 aromatic carbocycles. The molecule has 0 spiro atoms. The second-order valence-corrected chi connectivity index (χ2v) is 8.67. The molecule has 0 aromatic heterocycles. The summed E-state index contributed by atoms with van der Waals surface area (Å²) < 4.78 is 5.25. The first kappa shape index (κ1) is 24.5. The van der Waals surface area contributed by atoms with Crippen molar-refractivity contribution in [3.05, 3.63) is 169 Å². The number of carbonyl (C=O) groups excluding carboxylic acids is 1. The molecule has 0 radical (unpaired) electrons. The second-order valence-electron chi connectivity index (χ2n) is 8.67. The Morgan fingerprint density at radius 3 is 1.58 bits per heavy atom. The molecule has 0 aliphatic rings. The Morgan fingerprint density at radius 1 is 0.579 bits per heavy atom. The van der Waals surface area contributed by atoms with E-state index in [1.807, 2.05) is 42.5 Å². The van der Waals surface area contributed by atoms with E-state index in [2.05, 4.69) is 102 Å². The summed E-state index contributed by atoms with van der Waals surface area (Å²) in [5.74, 6) is 0.00837. The maximum Gasteiger partial charge on any atom is 0.335 e. The van der Waals surface area contributed by atoms with Gasteiger partial charge in [0.05, 0.1) is 0 Å². The molecule has 0 aliphatic carbocycles. The minimum Gasteiger partial charge on any atom is -0.423 e. The molecule has 3 nitrogen and oxygen atoms in total. The summed E-state index contributed by atoms with van der Waals surface area (Å²) in [7, 11) is 0. The fourth-order valence-corrected chi connectivity index (χ4v) is 4.30. The molecule has 0 saturated carbocycles. The van der Waals surface area contributed by atoms with Crippen LogP contribution < -0.4 is 9.64 Å². The second kappa shape index (κ2) is 11.7. The molecule has 0 aliphatic heterocycles. The van der Waals surface area contributed by atoms with Crippen molar-refractivity contribution in [3.8, 4) is 5.75 Å². The van der Waals surface area contributed by atoms with Crippen LogP contribution in [0, 0.1) is 0 Å². The van der Waals surface area contributed by atoms with Gasteiger partial charge < -0.3 is 9.64 Å². The summed E-state index contributed by atoms with van der Waals surface area (Å²) in [6.45, 7) is 3.45. The third kappa shape index (κ3) is 5.80. The lowest BCUT2D eigenvalue weighted by Crippen LogP contribution is -2.09. The lowest BCUT2D eigenvalue weighted by atomic mass is 9.95. The fourth-order valence-electron chi connectivity index (χ4n) is 4.30. The number of esters is 1. The number of ether oxygens (including phenoxy) is 1. The van der Waals surface area contributed by atoms with E-state index in [4.69, 9.17) is 4.74 Å². The number of benzene rings is 5. The Morgan fingerprint density at radius 2 is 1.05 bits per heavy atom. The van der Waals surface area contributed by atoms with Crippen LogP contribution in [0.15, 0.2) is 152 Å². The van der Waals surface area contributed by atoms with Crippen LogP contribution in [0.1, 0.15) is 16.7 Å². The Kier molecular flexibility index (Phi) is 7.57. The normalized spacial score (nSPS) is 11.0. The van der Waals surface area contributed by atoms with Gasteiger partial charge in [0.2, 0.25) is 0 Å². The average Bonchev–Trinajstić information content (AvgIpc) is 2.99. The van der Waals surface area contributed by atoms with Crippen LogP contribution in [0.2, 0.25) is 0 Å². The van der Waals surface area contributed by atoms with Crippen LogP contribution in [0.25, 0.3) is 11.6 Å². The van der Waals surface area contributed by atoms with Crippen molar-refractivity contribution in [3.63, 3.8) is 0 Å². The predicted molar refractivity (Wildman–Crippen MR) is 157 cm³/mol. The van der Waals surface area contributed by atoms with E-state index < -0.39 is 5.97 Å². The van der Waals surface area contributed by atoms with Crippen LogP contribution in [0.3, 0.4) is 0 Å². The molecule has 5 aromatic rings. The lowest BCUT2D eigenvalue weighted by Gasteiger charge is -2.25. The molecule has 0 unspecified atom stereocenters. The lowest BCUT2D eigenvalue weighted by molar-refractivity contribution is -0.128. The quantitative estimate of drug-likeness (QED) is 0.0936. The molecule has 0 fully saturated rings. The van der Waals surface area contributed by atoms with Crippen LogP contribution in [0.4, 0.5) is 17.1 Å². The van der Waals surface area contributed by atoms with E-state index in [1.54, 1.807) is 12.1 Å². The SMILES string of the molecule is C=CC(=O)Oc1ccc(/C(=C\c2ccc(N(c3ccccc3)c3ccccc3)cc2)c2ccccc2)cc1. The monoisotopic (exact) mass is 493 g/mol. The van der Waals surface area contributed by atoms with E-state index in [0.717, 1.165) is 45.4 Å². The number of hydrogen-bond donors (Lipinski definition) is 0. The number of hydrogen-bond acceptors (Lipinski definition) is 3. The van der Waals surface area contributed by atoms with Gasteiger partial charge in [-0.3, -0.25) is 0 Å². The van der Waals surface area contributed by atoms with E-state index in [0.29, 0.717) is 5.75 Å². The van der Waals surface area contributed by atoms with E-state index in [1.165, 1.54) is 0 Å². The first-order valence-corrected chi connectivity index (χ1v) is 12.4. The third-order valence-electron chi connectivity index (χ3n) is 6.13. The van der Waals surface area contributed by atoms with Gasteiger partial charge in [-0.05, 0) is 76.9 Å². The number of carbonyl (C=O) groups is 1. The summed E-state index contributed by atoms with van der Waals surface area (Å²) in [4.78, 5) is 13.8. The molecule has 5 rings (SSSR count). The zero-order valence-corrected chi connectivity index (χ0v) is 20.9. The summed E-state index contributed by atoms with van der Waals surface area (Å²) in [6.07, 6.45) is 3.34. The van der Waals surface area contributed by atoms with Crippen LogP contribution in [-0.2, 0) is 4.79 Å². The van der Waals surface area contributed by atoms with Gasteiger partial charge >= 0.3 is 5.97 Å². The standard InChI is InChI=1S/C35H27NO2/c1-2-35(37)38-33-24-20-29(21-25-33)34(28-12-6-3-7-13-28)26-27-18-22-32(23-19-27)36(30-14-8-4-9-15-30)31-16-10-5-11-17-31/h2-26H,1H2/b34-26-. The van der Waals surface area contributed by atoms with Crippen LogP contribution in [0.5, 0.6) is 5.75 Å². The van der Waals surface area contributed by atoms with Crippen LogP contribution in [-0.4, -0.2) is 5.97 Å². The summed E-state index contributed by atoms with van der Waals surface area (Å²) in [5.41, 5.74) is 7.55. The minimum absolute atomic E-state index is 0.475. The maximum absolute atomic E-state index is 11.6. The third-order valence-corrected chi connectivity index (χ3v) is 6.13. The Balaban J connectivity index is 1.50. The van der Waals surface area contributed by atoms with Crippen molar-refractivity contribution in [2.24, 2.45) is 0 Å². The predicted octanol–water partition coefficient (Wildman–Crippen LogP) is 8.84. The number of anilines is 3. The molecule has 0 amide bonds. The molecule has 0 bridgehead atoms. The summed E-state index contributed by atoms with van der Waals surface area (Å²) in [5, 5.41) is 0. The van der Waals surface area contributed by atoms with Crippen molar-refractivity contribution < 1.29 is 9.53 Å².